The fraction of sp³-hybridized carbons (Fsp3) is 0.571. The van der Waals surface area contributed by atoms with Gasteiger partial charge in [0.15, 0.2) is 0 Å². The lowest BCUT2D eigenvalue weighted by Gasteiger charge is -2.46. The van der Waals surface area contributed by atoms with E-state index in [-0.39, 0.29) is 18.4 Å². The molecule has 2 rings (SSSR count). The predicted octanol–water partition coefficient (Wildman–Crippen LogP) is 1.16. The van der Waals surface area contributed by atoms with E-state index >= 15 is 0 Å². The number of nitrogens with zero attached hydrogens (tertiary/aromatic N) is 1. The SMILES string of the molecule is CCCC1(O)CN(C(=O)CNC(=O)c2ccc(C)s2)C1. The summed E-state index contributed by atoms with van der Waals surface area (Å²) in [5, 5.41) is 12.6. The maximum Gasteiger partial charge on any atom is 0.261 e. The van der Waals surface area contributed by atoms with Gasteiger partial charge >= 0.3 is 0 Å². The molecular weight excluding hydrogens is 276 g/mol. The van der Waals surface area contributed by atoms with Gasteiger partial charge in [-0.2, -0.15) is 0 Å². The van der Waals surface area contributed by atoms with E-state index in [1.54, 1.807) is 11.0 Å². The van der Waals surface area contributed by atoms with Crippen LogP contribution in [-0.4, -0.2) is 47.1 Å². The molecule has 0 spiro atoms. The van der Waals surface area contributed by atoms with Crippen molar-refractivity contribution in [1.29, 1.82) is 0 Å². The van der Waals surface area contributed by atoms with Crippen molar-refractivity contribution in [2.45, 2.75) is 32.3 Å². The van der Waals surface area contributed by atoms with Gasteiger partial charge in [-0.1, -0.05) is 13.3 Å². The molecule has 1 aromatic heterocycles. The number of hydrogen-bond acceptors (Lipinski definition) is 4. The lowest BCUT2D eigenvalue weighted by molar-refractivity contribution is -0.155. The molecule has 1 aliphatic heterocycles. The lowest BCUT2D eigenvalue weighted by Crippen LogP contribution is -2.64. The molecular formula is C14H20N2O3S. The number of carbonyl (C=O) groups is 2. The average molecular weight is 296 g/mol. The van der Waals surface area contributed by atoms with Gasteiger partial charge in [0.1, 0.15) is 0 Å². The predicted molar refractivity (Wildman–Crippen MR) is 77.8 cm³/mol. The summed E-state index contributed by atoms with van der Waals surface area (Å²) in [7, 11) is 0. The number of aliphatic hydroxyl groups is 1. The number of β-amino-alcohol motifs (C(OH)–C–C–N with tert-alkyl or cyclic N) is 1. The minimum absolute atomic E-state index is 0.0159. The smallest absolute Gasteiger partial charge is 0.261 e. The largest absolute Gasteiger partial charge is 0.386 e. The van der Waals surface area contributed by atoms with E-state index in [1.165, 1.54) is 11.3 Å². The maximum atomic E-state index is 11.9. The second-order valence-corrected chi connectivity index (χ2v) is 6.61. The Bertz CT molecular complexity index is 506. The first-order chi connectivity index (χ1) is 9.43. The van der Waals surface area contributed by atoms with Gasteiger partial charge in [0.25, 0.3) is 5.91 Å². The molecule has 5 nitrogen and oxygen atoms in total. The molecule has 0 aliphatic carbocycles. The van der Waals surface area contributed by atoms with Crippen LogP contribution in [0.1, 0.15) is 34.3 Å². The van der Waals surface area contributed by atoms with Crippen molar-refractivity contribution < 1.29 is 14.7 Å². The summed E-state index contributed by atoms with van der Waals surface area (Å²) in [5.74, 6) is -0.367. The summed E-state index contributed by atoms with van der Waals surface area (Å²) in [6.45, 7) is 4.66. The zero-order chi connectivity index (χ0) is 14.8. The molecule has 0 unspecified atom stereocenters. The summed E-state index contributed by atoms with van der Waals surface area (Å²) in [6, 6.07) is 3.63. The van der Waals surface area contributed by atoms with Crippen LogP contribution in [0.15, 0.2) is 12.1 Å². The van der Waals surface area contributed by atoms with Crippen LogP contribution < -0.4 is 5.32 Å². The van der Waals surface area contributed by atoms with Crippen LogP contribution >= 0.6 is 11.3 Å². The molecule has 1 aliphatic rings. The van der Waals surface area contributed by atoms with Crippen molar-refractivity contribution in [2.24, 2.45) is 0 Å². The fourth-order valence-electron chi connectivity index (χ4n) is 2.38. The van der Waals surface area contributed by atoms with Gasteiger partial charge in [-0.25, -0.2) is 0 Å². The number of hydrogen-bond donors (Lipinski definition) is 2. The Hall–Kier alpha value is -1.40. The third kappa shape index (κ3) is 3.37. The van der Waals surface area contributed by atoms with Crippen molar-refractivity contribution in [3.8, 4) is 0 Å². The Labute approximate surface area is 122 Å². The third-order valence-corrected chi connectivity index (χ3v) is 4.40. The van der Waals surface area contributed by atoms with E-state index in [0.29, 0.717) is 24.4 Å². The highest BCUT2D eigenvalue weighted by molar-refractivity contribution is 7.13. The van der Waals surface area contributed by atoms with E-state index in [9.17, 15) is 14.7 Å². The average Bonchev–Trinajstić information content (AvgIpc) is 2.79. The first-order valence-electron chi connectivity index (χ1n) is 6.78. The van der Waals surface area contributed by atoms with Crippen LogP contribution in [0.2, 0.25) is 0 Å². The van der Waals surface area contributed by atoms with Gasteiger partial charge in [-0.3, -0.25) is 9.59 Å². The molecule has 0 bridgehead atoms. The van der Waals surface area contributed by atoms with Gasteiger partial charge in [0.05, 0.1) is 30.1 Å². The van der Waals surface area contributed by atoms with E-state index in [4.69, 9.17) is 0 Å². The van der Waals surface area contributed by atoms with Crippen molar-refractivity contribution in [3.63, 3.8) is 0 Å². The maximum absolute atomic E-state index is 11.9. The van der Waals surface area contributed by atoms with Gasteiger partial charge in [-0.15, -0.1) is 11.3 Å². The summed E-state index contributed by atoms with van der Waals surface area (Å²) < 4.78 is 0. The van der Waals surface area contributed by atoms with E-state index in [2.05, 4.69) is 5.32 Å². The molecule has 1 saturated heterocycles. The highest BCUT2D eigenvalue weighted by Crippen LogP contribution is 2.25. The number of thiophene rings is 1. The quantitative estimate of drug-likeness (QED) is 0.856. The van der Waals surface area contributed by atoms with Crippen LogP contribution in [0.5, 0.6) is 0 Å². The molecule has 0 saturated carbocycles. The monoisotopic (exact) mass is 296 g/mol. The Morgan fingerprint density at radius 1 is 1.45 bits per heavy atom. The number of likely N-dealkylation sites (tertiary alicyclic amines) is 1. The van der Waals surface area contributed by atoms with Gasteiger partial charge in [0.2, 0.25) is 5.91 Å². The van der Waals surface area contributed by atoms with Gasteiger partial charge in [0, 0.05) is 4.88 Å². The van der Waals surface area contributed by atoms with Crippen LogP contribution in [-0.2, 0) is 4.79 Å². The molecule has 0 radical (unpaired) electrons. The molecule has 1 aromatic rings. The number of nitrogens with one attached hydrogen (secondary N) is 1. The topological polar surface area (TPSA) is 69.6 Å². The molecule has 1 fully saturated rings. The number of carbonyl (C=O) groups excluding carboxylic acids is 2. The third-order valence-electron chi connectivity index (χ3n) is 3.40. The van der Waals surface area contributed by atoms with E-state index in [0.717, 1.165) is 11.3 Å². The van der Waals surface area contributed by atoms with Crippen LogP contribution in [0.4, 0.5) is 0 Å². The lowest BCUT2D eigenvalue weighted by atomic mass is 9.89. The highest BCUT2D eigenvalue weighted by Gasteiger charge is 2.42. The molecule has 110 valence electrons. The van der Waals surface area contributed by atoms with Crippen molar-refractivity contribution in [3.05, 3.63) is 21.9 Å². The zero-order valence-electron chi connectivity index (χ0n) is 11.8. The summed E-state index contributed by atoms with van der Waals surface area (Å²) in [4.78, 5) is 26.9. The van der Waals surface area contributed by atoms with Crippen LogP contribution in [0.25, 0.3) is 0 Å². The highest BCUT2D eigenvalue weighted by atomic mass is 32.1. The Morgan fingerprint density at radius 2 is 2.15 bits per heavy atom. The van der Waals surface area contributed by atoms with Crippen molar-refractivity contribution >= 4 is 23.2 Å². The second-order valence-electron chi connectivity index (χ2n) is 5.32. The number of amides is 2. The molecule has 2 amide bonds. The minimum atomic E-state index is -0.723. The first-order valence-corrected chi connectivity index (χ1v) is 7.60. The Morgan fingerprint density at radius 3 is 2.70 bits per heavy atom. The molecule has 2 heterocycles. The number of aryl methyl sites for hydroxylation is 1. The molecule has 6 heteroatoms. The normalized spacial score (nSPS) is 16.6. The first kappa shape index (κ1) is 15.0. The standard InChI is InChI=1S/C14H20N2O3S/c1-3-6-14(19)8-16(9-14)12(17)7-15-13(18)11-5-4-10(2)20-11/h4-5,19H,3,6-9H2,1-2H3,(H,15,18). The Kier molecular flexibility index (Phi) is 4.45. The molecule has 0 aromatic carbocycles. The molecule has 0 atom stereocenters. The van der Waals surface area contributed by atoms with Crippen LogP contribution in [0, 0.1) is 6.92 Å². The summed E-state index contributed by atoms with van der Waals surface area (Å²) >= 11 is 1.41. The Balaban J connectivity index is 1.75. The van der Waals surface area contributed by atoms with Crippen molar-refractivity contribution in [1.82, 2.24) is 10.2 Å². The van der Waals surface area contributed by atoms with E-state index < -0.39 is 5.60 Å². The summed E-state index contributed by atoms with van der Waals surface area (Å²) in [6.07, 6.45) is 1.60. The van der Waals surface area contributed by atoms with Gasteiger partial charge < -0.3 is 15.3 Å². The van der Waals surface area contributed by atoms with Gasteiger partial charge in [-0.05, 0) is 25.5 Å². The van der Waals surface area contributed by atoms with E-state index in [1.807, 2.05) is 19.9 Å². The fourth-order valence-corrected chi connectivity index (χ4v) is 3.16. The number of rotatable bonds is 5. The van der Waals surface area contributed by atoms with Crippen molar-refractivity contribution in [2.75, 3.05) is 19.6 Å². The minimum Gasteiger partial charge on any atom is -0.386 e. The summed E-state index contributed by atoms with van der Waals surface area (Å²) in [5.41, 5.74) is -0.723. The second kappa shape index (κ2) is 5.93. The zero-order valence-corrected chi connectivity index (χ0v) is 12.6. The molecule has 20 heavy (non-hydrogen) atoms. The van der Waals surface area contributed by atoms with Crippen LogP contribution in [0.3, 0.4) is 0 Å². The molecule has 2 N–H and O–H groups in total.